The van der Waals surface area contributed by atoms with E-state index in [1.54, 1.807) is 12.3 Å². The zero-order chi connectivity index (χ0) is 15.0. The molecular formula is C16H22BrN3O. The summed E-state index contributed by atoms with van der Waals surface area (Å²) in [5.41, 5.74) is 0.690. The number of nitrogens with zero attached hydrogens (tertiary/aromatic N) is 2. The lowest BCUT2D eigenvalue weighted by Crippen LogP contribution is -2.31. The first-order valence-corrected chi connectivity index (χ1v) is 8.52. The lowest BCUT2D eigenvalue weighted by atomic mass is 9.84. The average molecular weight is 352 g/mol. The van der Waals surface area contributed by atoms with Crippen LogP contribution >= 0.6 is 15.9 Å². The van der Waals surface area contributed by atoms with E-state index in [9.17, 15) is 4.79 Å². The number of hydrogen-bond donors (Lipinski definition) is 1. The molecule has 5 heteroatoms. The minimum absolute atomic E-state index is 0.111. The van der Waals surface area contributed by atoms with E-state index in [0.717, 1.165) is 23.4 Å². The van der Waals surface area contributed by atoms with Crippen LogP contribution in [-0.4, -0.2) is 15.8 Å². The number of hydrogen-bond acceptors (Lipinski definition) is 3. The van der Waals surface area contributed by atoms with Crippen molar-refractivity contribution in [2.45, 2.75) is 45.2 Å². The third-order valence-corrected chi connectivity index (χ3v) is 5.87. The van der Waals surface area contributed by atoms with Gasteiger partial charge in [-0.15, -0.1) is 6.58 Å². The molecular weight excluding hydrogens is 330 g/mol. The molecule has 0 radical (unpaired) electrons. The molecule has 3 rings (SSSR count). The number of halogens is 1. The number of rotatable bonds is 5. The van der Waals surface area contributed by atoms with Gasteiger partial charge < -0.3 is 5.32 Å². The van der Waals surface area contributed by atoms with Crippen LogP contribution in [0.15, 0.2) is 28.1 Å². The maximum Gasteiger partial charge on any atom is 0.283 e. The van der Waals surface area contributed by atoms with Crippen LogP contribution in [0.4, 0.5) is 5.69 Å². The predicted octanol–water partition coefficient (Wildman–Crippen LogP) is 3.43. The Morgan fingerprint density at radius 1 is 1.57 bits per heavy atom. The normalized spacial score (nSPS) is 28.6. The van der Waals surface area contributed by atoms with E-state index in [4.69, 9.17) is 0 Å². The Hall–Kier alpha value is -1.10. The Morgan fingerprint density at radius 3 is 3.00 bits per heavy atom. The molecule has 0 aliphatic heterocycles. The molecule has 0 aromatic carbocycles. The van der Waals surface area contributed by atoms with Gasteiger partial charge in [-0.25, -0.2) is 4.68 Å². The molecule has 4 nitrogen and oxygen atoms in total. The first kappa shape index (κ1) is 14.8. The summed E-state index contributed by atoms with van der Waals surface area (Å²) in [6.07, 6.45) is 8.93. The minimum atomic E-state index is -0.111. The lowest BCUT2D eigenvalue weighted by Gasteiger charge is -2.29. The Labute approximate surface area is 133 Å². The van der Waals surface area contributed by atoms with Crippen LogP contribution in [0.3, 0.4) is 0 Å². The van der Waals surface area contributed by atoms with Crippen LogP contribution < -0.4 is 10.9 Å². The van der Waals surface area contributed by atoms with Gasteiger partial charge in [0.1, 0.15) is 4.47 Å². The Kier molecular flexibility index (Phi) is 4.20. The van der Waals surface area contributed by atoms with Gasteiger partial charge in [0.05, 0.1) is 18.4 Å². The van der Waals surface area contributed by atoms with Gasteiger partial charge in [-0.05, 0) is 59.9 Å². The van der Waals surface area contributed by atoms with E-state index in [-0.39, 0.29) is 5.56 Å². The van der Waals surface area contributed by atoms with E-state index >= 15 is 0 Å². The molecule has 2 fully saturated rings. The summed E-state index contributed by atoms with van der Waals surface area (Å²) >= 11 is 3.41. The van der Waals surface area contributed by atoms with Gasteiger partial charge in [0.2, 0.25) is 0 Å². The van der Waals surface area contributed by atoms with Crippen LogP contribution in [0.25, 0.3) is 0 Å². The summed E-state index contributed by atoms with van der Waals surface area (Å²) in [6.45, 7) is 6.30. The molecule has 1 N–H and O–H groups in total. The van der Waals surface area contributed by atoms with Crippen LogP contribution in [0.1, 0.15) is 32.6 Å². The number of anilines is 1. The van der Waals surface area contributed by atoms with Crippen LogP contribution in [-0.2, 0) is 6.54 Å². The molecule has 1 aromatic rings. The highest BCUT2D eigenvalue weighted by molar-refractivity contribution is 9.10. The van der Waals surface area contributed by atoms with Crippen molar-refractivity contribution in [3.63, 3.8) is 0 Å². The van der Waals surface area contributed by atoms with Gasteiger partial charge >= 0.3 is 0 Å². The maximum atomic E-state index is 12.2. The molecule has 114 valence electrons. The fourth-order valence-corrected chi connectivity index (χ4v) is 4.50. The number of aromatic nitrogens is 2. The van der Waals surface area contributed by atoms with E-state index in [0.29, 0.717) is 17.1 Å². The largest absolute Gasteiger partial charge is 0.380 e. The number of allylic oxidation sites excluding steroid dienone is 1. The fourth-order valence-electron chi connectivity index (χ4n) is 4.08. The Bertz CT molecular complexity index is 598. The molecule has 21 heavy (non-hydrogen) atoms. The molecule has 2 bridgehead atoms. The number of fused-ring (bicyclic) bond motifs is 2. The van der Waals surface area contributed by atoms with Gasteiger partial charge in [0.25, 0.3) is 5.56 Å². The van der Waals surface area contributed by atoms with Crippen molar-refractivity contribution in [2.75, 3.05) is 5.32 Å². The van der Waals surface area contributed by atoms with E-state index in [1.165, 1.54) is 30.4 Å². The molecule has 2 aliphatic rings. The summed E-state index contributed by atoms with van der Waals surface area (Å²) < 4.78 is 1.97. The summed E-state index contributed by atoms with van der Waals surface area (Å²) in [7, 11) is 0. The topological polar surface area (TPSA) is 46.9 Å². The zero-order valence-electron chi connectivity index (χ0n) is 12.4. The lowest BCUT2D eigenvalue weighted by molar-refractivity contribution is 0.304. The van der Waals surface area contributed by atoms with Gasteiger partial charge in [-0.2, -0.15) is 5.10 Å². The first-order valence-electron chi connectivity index (χ1n) is 7.73. The molecule has 4 unspecified atom stereocenters. The second-order valence-electron chi connectivity index (χ2n) is 6.42. The minimum Gasteiger partial charge on any atom is -0.380 e. The summed E-state index contributed by atoms with van der Waals surface area (Å²) in [6, 6.07) is 0.382. The van der Waals surface area contributed by atoms with Crippen molar-refractivity contribution in [3.05, 3.63) is 33.7 Å². The van der Waals surface area contributed by atoms with Crippen LogP contribution in [0.2, 0.25) is 0 Å². The third kappa shape index (κ3) is 2.80. The average Bonchev–Trinajstić information content (AvgIpc) is 3.09. The van der Waals surface area contributed by atoms with Crippen molar-refractivity contribution in [1.82, 2.24) is 9.78 Å². The highest BCUT2D eigenvalue weighted by Gasteiger charge is 2.41. The van der Waals surface area contributed by atoms with Crippen molar-refractivity contribution >= 4 is 21.6 Å². The predicted molar refractivity (Wildman–Crippen MR) is 88.4 cm³/mol. The highest BCUT2D eigenvalue weighted by atomic mass is 79.9. The highest BCUT2D eigenvalue weighted by Crippen LogP contribution is 2.49. The summed E-state index contributed by atoms with van der Waals surface area (Å²) in [4.78, 5) is 12.2. The van der Waals surface area contributed by atoms with E-state index < -0.39 is 0 Å². The standard InChI is InChI=1S/C16H22BrN3O/c1-3-6-20-16(21)15(17)14(9-18-20)19-10(2)13-8-11-4-5-12(13)7-11/h3,9-13,19H,1,4-8H2,2H3. The monoisotopic (exact) mass is 351 g/mol. The van der Waals surface area contributed by atoms with Crippen molar-refractivity contribution < 1.29 is 0 Å². The Balaban J connectivity index is 1.74. The van der Waals surface area contributed by atoms with E-state index in [1.807, 2.05) is 0 Å². The SMILES string of the molecule is C=CCn1ncc(NC(C)C2CC3CCC2C3)c(Br)c1=O. The molecule has 1 heterocycles. The van der Waals surface area contributed by atoms with Gasteiger partial charge in [0.15, 0.2) is 0 Å². The van der Waals surface area contributed by atoms with Gasteiger partial charge in [-0.3, -0.25) is 4.79 Å². The molecule has 0 saturated heterocycles. The summed E-state index contributed by atoms with van der Waals surface area (Å²) in [5, 5.41) is 7.70. The molecule has 0 amide bonds. The second kappa shape index (κ2) is 5.95. The quantitative estimate of drug-likeness (QED) is 0.826. The van der Waals surface area contributed by atoms with Crippen molar-refractivity contribution in [1.29, 1.82) is 0 Å². The molecule has 1 aromatic heterocycles. The molecule has 2 aliphatic carbocycles. The summed E-state index contributed by atoms with van der Waals surface area (Å²) in [5.74, 6) is 2.53. The number of nitrogens with one attached hydrogen (secondary N) is 1. The van der Waals surface area contributed by atoms with E-state index in [2.05, 4.69) is 39.8 Å². The molecule has 0 spiro atoms. The Morgan fingerprint density at radius 2 is 2.38 bits per heavy atom. The first-order chi connectivity index (χ1) is 10.1. The zero-order valence-corrected chi connectivity index (χ0v) is 14.0. The van der Waals surface area contributed by atoms with Gasteiger partial charge in [0, 0.05) is 6.04 Å². The fraction of sp³-hybridized carbons (Fsp3) is 0.625. The van der Waals surface area contributed by atoms with Gasteiger partial charge in [-0.1, -0.05) is 12.5 Å². The molecule has 2 saturated carbocycles. The second-order valence-corrected chi connectivity index (χ2v) is 7.21. The molecule has 4 atom stereocenters. The van der Waals surface area contributed by atoms with Crippen LogP contribution in [0.5, 0.6) is 0 Å². The maximum absolute atomic E-state index is 12.2. The van der Waals surface area contributed by atoms with Crippen molar-refractivity contribution in [2.24, 2.45) is 17.8 Å². The third-order valence-electron chi connectivity index (χ3n) is 5.11. The van der Waals surface area contributed by atoms with Crippen molar-refractivity contribution in [3.8, 4) is 0 Å². The van der Waals surface area contributed by atoms with Crippen LogP contribution in [0, 0.1) is 17.8 Å². The smallest absolute Gasteiger partial charge is 0.283 e.